The van der Waals surface area contributed by atoms with Crippen molar-refractivity contribution in [3.8, 4) is 0 Å². The third-order valence-electron chi connectivity index (χ3n) is 1.50. The van der Waals surface area contributed by atoms with Crippen molar-refractivity contribution in [1.29, 1.82) is 0 Å². The lowest BCUT2D eigenvalue weighted by Crippen LogP contribution is -1.92. The lowest BCUT2D eigenvalue weighted by molar-refractivity contribution is 0.112. The lowest BCUT2D eigenvalue weighted by Gasteiger charge is -1.95. The van der Waals surface area contributed by atoms with E-state index in [-0.39, 0.29) is 0 Å². The number of fused-ring (bicyclic) bond motifs is 1. The first-order valence-electron chi connectivity index (χ1n) is 3.25. The number of pyridine rings is 1. The molecular formula is C7H4BrN3O. The molecule has 0 aliphatic rings. The van der Waals surface area contributed by atoms with Gasteiger partial charge in [-0.15, -0.1) is 0 Å². The summed E-state index contributed by atoms with van der Waals surface area (Å²) in [4.78, 5) is 14.5. The molecule has 2 aromatic rings. The minimum Gasteiger partial charge on any atom is -0.298 e. The SMILES string of the molecule is O=Cc1cc(Br)cn2ncnc12. The van der Waals surface area contributed by atoms with E-state index in [0.29, 0.717) is 11.2 Å². The van der Waals surface area contributed by atoms with Crippen LogP contribution >= 0.6 is 15.9 Å². The molecule has 12 heavy (non-hydrogen) atoms. The van der Waals surface area contributed by atoms with Gasteiger partial charge in [-0.1, -0.05) is 0 Å². The summed E-state index contributed by atoms with van der Waals surface area (Å²) in [7, 11) is 0. The van der Waals surface area contributed by atoms with Gasteiger partial charge in [-0.05, 0) is 22.0 Å². The monoisotopic (exact) mass is 225 g/mol. The molecule has 0 spiro atoms. The third-order valence-corrected chi connectivity index (χ3v) is 1.93. The molecule has 0 saturated heterocycles. The second-order valence-corrected chi connectivity index (χ2v) is 3.18. The molecule has 5 heteroatoms. The summed E-state index contributed by atoms with van der Waals surface area (Å²) >= 11 is 3.26. The Morgan fingerprint density at radius 1 is 1.58 bits per heavy atom. The summed E-state index contributed by atoms with van der Waals surface area (Å²) in [6.07, 6.45) is 3.92. The molecule has 2 aromatic heterocycles. The topological polar surface area (TPSA) is 47.3 Å². The van der Waals surface area contributed by atoms with Crippen molar-refractivity contribution in [3.63, 3.8) is 0 Å². The molecule has 0 aliphatic carbocycles. The molecule has 4 nitrogen and oxygen atoms in total. The van der Waals surface area contributed by atoms with Gasteiger partial charge < -0.3 is 0 Å². The molecule has 0 atom stereocenters. The van der Waals surface area contributed by atoms with Gasteiger partial charge in [0, 0.05) is 10.7 Å². The van der Waals surface area contributed by atoms with E-state index in [2.05, 4.69) is 26.0 Å². The van der Waals surface area contributed by atoms with Crippen LogP contribution in [-0.4, -0.2) is 20.9 Å². The number of carbonyl (C=O) groups excluding carboxylic acids is 1. The van der Waals surface area contributed by atoms with Gasteiger partial charge in [0.2, 0.25) is 0 Å². The number of rotatable bonds is 1. The van der Waals surface area contributed by atoms with Crippen LogP contribution in [0.5, 0.6) is 0 Å². The molecule has 0 fully saturated rings. The number of hydrogen-bond donors (Lipinski definition) is 0. The summed E-state index contributed by atoms with van der Waals surface area (Å²) in [5.41, 5.74) is 1.11. The first kappa shape index (κ1) is 7.42. The van der Waals surface area contributed by atoms with Crippen molar-refractivity contribution in [3.05, 3.63) is 28.6 Å². The average molecular weight is 226 g/mol. The minimum absolute atomic E-state index is 0.530. The molecule has 0 aromatic carbocycles. The highest BCUT2D eigenvalue weighted by Crippen LogP contribution is 2.13. The van der Waals surface area contributed by atoms with Crippen LogP contribution in [-0.2, 0) is 0 Å². The second-order valence-electron chi connectivity index (χ2n) is 2.26. The Balaban J connectivity index is 2.88. The Kier molecular flexibility index (Phi) is 1.65. The molecule has 0 aliphatic heterocycles. The second kappa shape index (κ2) is 2.67. The van der Waals surface area contributed by atoms with E-state index in [0.717, 1.165) is 10.8 Å². The normalized spacial score (nSPS) is 10.4. The zero-order chi connectivity index (χ0) is 8.55. The largest absolute Gasteiger partial charge is 0.298 e. The Morgan fingerprint density at radius 2 is 2.42 bits per heavy atom. The highest BCUT2D eigenvalue weighted by Gasteiger charge is 2.03. The van der Waals surface area contributed by atoms with Gasteiger partial charge in [0.25, 0.3) is 0 Å². The van der Waals surface area contributed by atoms with Crippen LogP contribution in [0, 0.1) is 0 Å². The molecule has 0 saturated carbocycles. The number of nitrogens with zero attached hydrogens (tertiary/aromatic N) is 3. The number of hydrogen-bond acceptors (Lipinski definition) is 3. The van der Waals surface area contributed by atoms with Crippen molar-refractivity contribution in [2.24, 2.45) is 0 Å². The number of halogens is 1. The molecule has 2 rings (SSSR count). The summed E-state index contributed by atoms with van der Waals surface area (Å²) < 4.78 is 2.36. The molecule has 2 heterocycles. The van der Waals surface area contributed by atoms with E-state index < -0.39 is 0 Å². The van der Waals surface area contributed by atoms with Crippen molar-refractivity contribution in [2.75, 3.05) is 0 Å². The molecule has 60 valence electrons. The van der Waals surface area contributed by atoms with Crippen LogP contribution in [0.3, 0.4) is 0 Å². The highest BCUT2D eigenvalue weighted by atomic mass is 79.9. The minimum atomic E-state index is 0.530. The zero-order valence-electron chi connectivity index (χ0n) is 5.94. The van der Waals surface area contributed by atoms with Crippen LogP contribution in [0.25, 0.3) is 5.65 Å². The molecule has 0 unspecified atom stereocenters. The van der Waals surface area contributed by atoms with E-state index in [1.54, 1.807) is 16.8 Å². The Labute approximate surface area is 76.4 Å². The van der Waals surface area contributed by atoms with Crippen LogP contribution < -0.4 is 0 Å². The molecule has 0 bridgehead atoms. The maximum atomic E-state index is 10.6. The van der Waals surface area contributed by atoms with Crippen molar-refractivity contribution >= 4 is 27.9 Å². The quantitative estimate of drug-likeness (QED) is 0.688. The van der Waals surface area contributed by atoms with E-state index in [1.807, 2.05) is 0 Å². The maximum Gasteiger partial charge on any atom is 0.165 e. The van der Waals surface area contributed by atoms with Gasteiger partial charge in [-0.2, -0.15) is 5.10 Å². The molecule has 0 radical (unpaired) electrons. The fraction of sp³-hybridized carbons (Fsp3) is 0. The van der Waals surface area contributed by atoms with Gasteiger partial charge in [-0.25, -0.2) is 9.50 Å². The number of aromatic nitrogens is 3. The third kappa shape index (κ3) is 1.02. The smallest absolute Gasteiger partial charge is 0.165 e. The fourth-order valence-electron chi connectivity index (χ4n) is 1.01. The van der Waals surface area contributed by atoms with E-state index in [1.165, 1.54) is 6.33 Å². The molecule has 0 N–H and O–H groups in total. The predicted molar refractivity (Wildman–Crippen MR) is 46.1 cm³/mol. The van der Waals surface area contributed by atoms with E-state index in [4.69, 9.17) is 0 Å². The summed E-state index contributed by atoms with van der Waals surface area (Å²) in [5, 5.41) is 3.90. The first-order valence-corrected chi connectivity index (χ1v) is 4.04. The van der Waals surface area contributed by atoms with Crippen LogP contribution in [0.1, 0.15) is 10.4 Å². The van der Waals surface area contributed by atoms with Crippen molar-refractivity contribution in [1.82, 2.24) is 14.6 Å². The van der Waals surface area contributed by atoms with Gasteiger partial charge in [0.1, 0.15) is 6.33 Å². The zero-order valence-corrected chi connectivity index (χ0v) is 7.52. The lowest BCUT2D eigenvalue weighted by atomic mass is 10.3. The van der Waals surface area contributed by atoms with Crippen molar-refractivity contribution < 1.29 is 4.79 Å². The first-order chi connectivity index (χ1) is 5.81. The van der Waals surface area contributed by atoms with Crippen LogP contribution in [0.2, 0.25) is 0 Å². The average Bonchev–Trinajstić information content (AvgIpc) is 2.50. The summed E-state index contributed by atoms with van der Waals surface area (Å²) in [5.74, 6) is 0. The maximum absolute atomic E-state index is 10.6. The standard InChI is InChI=1S/C7H4BrN3O/c8-6-1-5(3-12)7-9-4-10-11(7)2-6/h1-4H. The number of carbonyl (C=O) groups is 1. The highest BCUT2D eigenvalue weighted by molar-refractivity contribution is 9.10. The van der Waals surface area contributed by atoms with Crippen molar-refractivity contribution in [2.45, 2.75) is 0 Å². The van der Waals surface area contributed by atoms with Gasteiger partial charge >= 0.3 is 0 Å². The van der Waals surface area contributed by atoms with Gasteiger partial charge in [0.15, 0.2) is 11.9 Å². The Hall–Kier alpha value is -1.23. The molecular weight excluding hydrogens is 222 g/mol. The van der Waals surface area contributed by atoms with E-state index in [9.17, 15) is 4.79 Å². The molecule has 0 amide bonds. The number of aldehydes is 1. The van der Waals surface area contributed by atoms with E-state index >= 15 is 0 Å². The van der Waals surface area contributed by atoms with Gasteiger partial charge in [-0.3, -0.25) is 4.79 Å². The fourth-order valence-corrected chi connectivity index (χ4v) is 1.45. The van der Waals surface area contributed by atoms with Crippen LogP contribution in [0.4, 0.5) is 0 Å². The summed E-state index contributed by atoms with van der Waals surface area (Å²) in [6, 6.07) is 1.71. The Morgan fingerprint density at radius 3 is 3.17 bits per heavy atom. The van der Waals surface area contributed by atoms with Gasteiger partial charge in [0.05, 0.1) is 5.56 Å². The van der Waals surface area contributed by atoms with Crippen LogP contribution in [0.15, 0.2) is 23.1 Å². The predicted octanol–water partition coefficient (Wildman–Crippen LogP) is 1.30. The Bertz CT molecular complexity index is 437. The summed E-state index contributed by atoms with van der Waals surface area (Å²) in [6.45, 7) is 0.